The number of piperidine rings is 1. The van der Waals surface area contributed by atoms with E-state index in [2.05, 4.69) is 24.5 Å². The van der Waals surface area contributed by atoms with Crippen molar-refractivity contribution >= 4 is 28.9 Å². The molecule has 0 saturated carbocycles. The summed E-state index contributed by atoms with van der Waals surface area (Å²) in [4.78, 5) is 14.2. The summed E-state index contributed by atoms with van der Waals surface area (Å²) in [5, 5.41) is 6.39. The molecule has 1 aromatic carbocycles. The van der Waals surface area contributed by atoms with Crippen LogP contribution in [-0.4, -0.2) is 35.6 Å². The summed E-state index contributed by atoms with van der Waals surface area (Å²) in [7, 11) is 0. The molecule has 1 amide bonds. The maximum atomic E-state index is 13.7. The number of hydrogen-bond acceptors (Lipinski definition) is 2. The molecule has 1 aromatic rings. The summed E-state index contributed by atoms with van der Waals surface area (Å²) in [6.45, 7) is 6.19. The number of halogens is 1. The minimum atomic E-state index is -0.335. The van der Waals surface area contributed by atoms with Crippen LogP contribution in [-0.2, 0) is 4.79 Å². The zero-order valence-electron chi connectivity index (χ0n) is 13.6. The lowest BCUT2D eigenvalue weighted by molar-refractivity contribution is -0.126. The van der Waals surface area contributed by atoms with E-state index in [0.717, 1.165) is 19.4 Å². The van der Waals surface area contributed by atoms with Gasteiger partial charge in [-0.05, 0) is 43.1 Å². The van der Waals surface area contributed by atoms with Crippen molar-refractivity contribution in [1.82, 2.24) is 10.2 Å². The van der Waals surface area contributed by atoms with Gasteiger partial charge in [0, 0.05) is 19.6 Å². The van der Waals surface area contributed by atoms with Crippen LogP contribution in [0.2, 0.25) is 0 Å². The normalized spacial score (nSPS) is 17.9. The van der Waals surface area contributed by atoms with E-state index in [4.69, 9.17) is 12.2 Å². The van der Waals surface area contributed by atoms with E-state index in [1.165, 1.54) is 6.07 Å². The van der Waals surface area contributed by atoms with Gasteiger partial charge in [-0.25, -0.2) is 4.39 Å². The van der Waals surface area contributed by atoms with Crippen molar-refractivity contribution in [2.24, 2.45) is 11.8 Å². The highest BCUT2D eigenvalue weighted by atomic mass is 32.1. The number of nitrogens with one attached hydrogen (secondary N) is 2. The Hall–Kier alpha value is -1.69. The van der Waals surface area contributed by atoms with Crippen molar-refractivity contribution in [1.29, 1.82) is 0 Å². The monoisotopic (exact) mass is 337 g/mol. The van der Waals surface area contributed by atoms with Crippen LogP contribution in [0, 0.1) is 17.7 Å². The Morgan fingerprint density at radius 2 is 2.17 bits per heavy atom. The van der Waals surface area contributed by atoms with Gasteiger partial charge in [0.1, 0.15) is 5.82 Å². The number of para-hydroxylation sites is 1. The average molecular weight is 337 g/mol. The lowest BCUT2D eigenvalue weighted by Crippen LogP contribution is -2.47. The molecular weight excluding hydrogens is 313 g/mol. The zero-order chi connectivity index (χ0) is 16.8. The van der Waals surface area contributed by atoms with Gasteiger partial charge in [-0.15, -0.1) is 0 Å². The third kappa shape index (κ3) is 5.16. The number of nitrogens with zero attached hydrogens (tertiary/aromatic N) is 1. The number of benzene rings is 1. The number of thiocarbonyl (C=S) groups is 1. The van der Waals surface area contributed by atoms with Gasteiger partial charge in [-0.3, -0.25) is 4.79 Å². The summed E-state index contributed by atoms with van der Waals surface area (Å²) < 4.78 is 13.7. The molecule has 0 spiro atoms. The fourth-order valence-corrected chi connectivity index (χ4v) is 2.86. The molecule has 1 unspecified atom stereocenters. The first-order chi connectivity index (χ1) is 11.0. The molecular formula is C17H24FN3OS. The number of carbonyl (C=O) groups excluding carboxylic acids is 1. The first-order valence-electron chi connectivity index (χ1n) is 8.05. The van der Waals surface area contributed by atoms with Crippen LogP contribution in [0.15, 0.2) is 24.3 Å². The molecule has 126 valence electrons. The highest BCUT2D eigenvalue weighted by molar-refractivity contribution is 7.80. The van der Waals surface area contributed by atoms with Gasteiger partial charge in [-0.2, -0.15) is 0 Å². The van der Waals surface area contributed by atoms with Crippen molar-refractivity contribution in [3.8, 4) is 0 Å². The van der Waals surface area contributed by atoms with Crippen molar-refractivity contribution < 1.29 is 9.18 Å². The van der Waals surface area contributed by atoms with Crippen LogP contribution in [0.25, 0.3) is 0 Å². The summed E-state index contributed by atoms with van der Waals surface area (Å²) in [6, 6.07) is 6.44. The molecule has 1 fully saturated rings. The highest BCUT2D eigenvalue weighted by Crippen LogP contribution is 2.19. The van der Waals surface area contributed by atoms with E-state index in [1.807, 2.05) is 4.90 Å². The molecule has 0 aromatic heterocycles. The summed E-state index contributed by atoms with van der Waals surface area (Å²) in [6.07, 6.45) is 1.77. The van der Waals surface area contributed by atoms with E-state index < -0.39 is 0 Å². The van der Waals surface area contributed by atoms with Crippen LogP contribution in [0.3, 0.4) is 0 Å². The Bertz CT molecular complexity index is 565. The molecule has 2 N–H and O–H groups in total. The summed E-state index contributed by atoms with van der Waals surface area (Å²) in [5.41, 5.74) is 0.365. The molecule has 1 aliphatic rings. The van der Waals surface area contributed by atoms with Gasteiger partial charge in [0.15, 0.2) is 5.11 Å². The number of amides is 1. The predicted octanol–water partition coefficient (Wildman–Crippen LogP) is 3.01. The van der Waals surface area contributed by atoms with Crippen LogP contribution in [0.5, 0.6) is 0 Å². The van der Waals surface area contributed by atoms with Crippen LogP contribution in [0.4, 0.5) is 10.1 Å². The molecule has 1 aliphatic heterocycles. The number of likely N-dealkylation sites (tertiary alicyclic amines) is 1. The molecule has 1 atom stereocenters. The van der Waals surface area contributed by atoms with E-state index in [1.54, 1.807) is 18.2 Å². The van der Waals surface area contributed by atoms with E-state index in [9.17, 15) is 9.18 Å². The molecule has 4 nitrogen and oxygen atoms in total. The van der Waals surface area contributed by atoms with Gasteiger partial charge in [0.05, 0.1) is 11.6 Å². The second-order valence-corrected chi connectivity index (χ2v) is 6.72. The van der Waals surface area contributed by atoms with Crippen LogP contribution < -0.4 is 10.6 Å². The lowest BCUT2D eigenvalue weighted by Gasteiger charge is -2.34. The fraction of sp³-hybridized carbons (Fsp3) is 0.529. The molecule has 6 heteroatoms. The second-order valence-electron chi connectivity index (χ2n) is 6.33. The lowest BCUT2D eigenvalue weighted by atomic mass is 9.97. The second kappa shape index (κ2) is 8.24. The maximum Gasteiger partial charge on any atom is 0.224 e. The molecule has 2 rings (SSSR count). The number of rotatable bonds is 4. The Labute approximate surface area is 142 Å². The molecule has 0 radical (unpaired) electrons. The largest absolute Gasteiger partial charge is 0.356 e. The van der Waals surface area contributed by atoms with Gasteiger partial charge in [0.2, 0.25) is 5.91 Å². The molecule has 0 aliphatic carbocycles. The first kappa shape index (κ1) is 17.7. The quantitative estimate of drug-likeness (QED) is 0.829. The third-order valence-corrected chi connectivity index (χ3v) is 4.24. The van der Waals surface area contributed by atoms with Crippen molar-refractivity contribution in [3.63, 3.8) is 0 Å². The molecule has 1 heterocycles. The van der Waals surface area contributed by atoms with Crippen LogP contribution >= 0.6 is 12.2 Å². The number of hydrogen-bond donors (Lipinski definition) is 2. The zero-order valence-corrected chi connectivity index (χ0v) is 14.5. The maximum absolute atomic E-state index is 13.7. The third-order valence-electron chi connectivity index (χ3n) is 3.88. The van der Waals surface area contributed by atoms with Crippen LogP contribution in [0.1, 0.15) is 26.7 Å². The Morgan fingerprint density at radius 3 is 2.87 bits per heavy atom. The minimum Gasteiger partial charge on any atom is -0.356 e. The predicted molar refractivity (Wildman–Crippen MR) is 94.8 cm³/mol. The van der Waals surface area contributed by atoms with Gasteiger partial charge < -0.3 is 15.5 Å². The van der Waals surface area contributed by atoms with E-state index in [0.29, 0.717) is 29.8 Å². The fourth-order valence-electron chi connectivity index (χ4n) is 2.58. The first-order valence-corrected chi connectivity index (χ1v) is 8.46. The Morgan fingerprint density at radius 1 is 1.43 bits per heavy atom. The summed E-state index contributed by atoms with van der Waals surface area (Å²) in [5.74, 6) is 0.112. The average Bonchev–Trinajstić information content (AvgIpc) is 2.54. The number of carbonyl (C=O) groups is 1. The van der Waals surface area contributed by atoms with E-state index in [-0.39, 0.29) is 17.6 Å². The van der Waals surface area contributed by atoms with Gasteiger partial charge in [-0.1, -0.05) is 26.0 Å². The SMILES string of the molecule is CC(C)CNC(=O)C1CCCN(C(=S)Nc2ccccc2F)C1. The molecule has 23 heavy (non-hydrogen) atoms. The topological polar surface area (TPSA) is 44.4 Å². The minimum absolute atomic E-state index is 0.0668. The standard InChI is InChI=1S/C17H24FN3OS/c1-12(2)10-19-16(22)13-6-5-9-21(11-13)17(23)20-15-8-4-3-7-14(15)18/h3-4,7-8,12-13H,5-6,9-11H2,1-2H3,(H,19,22)(H,20,23). The smallest absolute Gasteiger partial charge is 0.224 e. The molecule has 1 saturated heterocycles. The number of anilines is 1. The highest BCUT2D eigenvalue weighted by Gasteiger charge is 2.27. The Balaban J connectivity index is 1.91. The van der Waals surface area contributed by atoms with Gasteiger partial charge in [0.25, 0.3) is 0 Å². The molecule has 0 bridgehead atoms. The van der Waals surface area contributed by atoms with Crippen molar-refractivity contribution in [2.75, 3.05) is 25.0 Å². The van der Waals surface area contributed by atoms with Gasteiger partial charge >= 0.3 is 0 Å². The van der Waals surface area contributed by atoms with E-state index >= 15 is 0 Å². The Kier molecular flexibility index (Phi) is 6.33. The van der Waals surface area contributed by atoms with Crippen molar-refractivity contribution in [2.45, 2.75) is 26.7 Å². The summed E-state index contributed by atoms with van der Waals surface area (Å²) >= 11 is 5.38. The van der Waals surface area contributed by atoms with Crippen molar-refractivity contribution in [3.05, 3.63) is 30.1 Å².